The van der Waals surface area contributed by atoms with Crippen LogP contribution in [0.2, 0.25) is 0 Å². The van der Waals surface area contributed by atoms with E-state index in [1.807, 2.05) is 34.6 Å². The van der Waals surface area contributed by atoms with E-state index in [4.69, 9.17) is 0 Å². The van der Waals surface area contributed by atoms with Crippen LogP contribution >= 0.6 is 0 Å². The summed E-state index contributed by atoms with van der Waals surface area (Å²) in [7, 11) is -1.05. The molecule has 0 aliphatic rings. The van der Waals surface area contributed by atoms with E-state index in [-0.39, 0.29) is 21.5 Å². The van der Waals surface area contributed by atoms with E-state index in [0.717, 1.165) is 0 Å². The molecule has 0 aliphatic carbocycles. The molecule has 0 N–H and O–H groups in total. The molecule has 0 saturated heterocycles. The van der Waals surface area contributed by atoms with Crippen molar-refractivity contribution < 1.29 is 17.4 Å². The minimum absolute atomic E-state index is 0.0268. The van der Waals surface area contributed by atoms with Crippen LogP contribution < -0.4 is 0 Å². The Labute approximate surface area is 133 Å². The van der Waals surface area contributed by atoms with Gasteiger partial charge in [0.1, 0.15) is 17.5 Å². The quantitative estimate of drug-likeness (QED) is 0.726. The van der Waals surface area contributed by atoms with Crippen molar-refractivity contribution in [2.45, 2.75) is 63.9 Å². The van der Waals surface area contributed by atoms with Gasteiger partial charge in [0.25, 0.3) is 0 Å². The van der Waals surface area contributed by atoms with Crippen molar-refractivity contribution in [3.05, 3.63) is 35.1 Å². The molecule has 0 fully saturated rings. The first kappa shape index (κ1) is 19.2. The molecule has 1 nitrogen and oxygen atoms in total. The van der Waals surface area contributed by atoms with Crippen LogP contribution in [0.4, 0.5) is 13.2 Å². The van der Waals surface area contributed by atoms with Gasteiger partial charge in [-0.3, -0.25) is 4.21 Å². The van der Waals surface area contributed by atoms with E-state index in [1.165, 1.54) is 0 Å². The molecule has 1 aromatic rings. The van der Waals surface area contributed by atoms with Crippen molar-refractivity contribution in [2.75, 3.05) is 0 Å². The number of rotatable bonds is 5. The van der Waals surface area contributed by atoms with Crippen molar-refractivity contribution in [2.24, 2.45) is 5.92 Å². The third kappa shape index (κ3) is 4.58. The van der Waals surface area contributed by atoms with Gasteiger partial charge in [0, 0.05) is 38.5 Å². The first-order valence-electron chi connectivity index (χ1n) is 7.50. The summed E-state index contributed by atoms with van der Waals surface area (Å²) in [5.74, 6) is -3.02. The Hall–Kier alpha value is -0.840. The van der Waals surface area contributed by atoms with Gasteiger partial charge in [-0.1, -0.05) is 20.8 Å². The fraction of sp³-hybridized carbons (Fsp3) is 0.647. The van der Waals surface area contributed by atoms with Crippen molar-refractivity contribution in [3.8, 4) is 0 Å². The maximum atomic E-state index is 13.8. The highest BCUT2D eigenvalue weighted by atomic mass is 32.2. The van der Waals surface area contributed by atoms with Gasteiger partial charge in [-0.05, 0) is 39.0 Å². The lowest BCUT2D eigenvalue weighted by molar-refractivity contribution is 0.438. The Balaban J connectivity index is 2.89. The second kappa shape index (κ2) is 7.16. The zero-order chi connectivity index (χ0) is 17.2. The summed E-state index contributed by atoms with van der Waals surface area (Å²) >= 11 is 0. The van der Waals surface area contributed by atoms with E-state index < -0.39 is 34.2 Å². The monoisotopic (exact) mass is 334 g/mol. The fourth-order valence-electron chi connectivity index (χ4n) is 2.66. The molecule has 0 spiro atoms. The van der Waals surface area contributed by atoms with Crippen LogP contribution in [-0.2, 0) is 10.8 Å². The summed E-state index contributed by atoms with van der Waals surface area (Å²) in [5, 5.41) is -0.0889. The predicted molar refractivity (Wildman–Crippen MR) is 85.9 cm³/mol. The van der Waals surface area contributed by atoms with E-state index in [0.29, 0.717) is 18.6 Å². The molecular formula is C17H25F3OS. The van der Waals surface area contributed by atoms with Crippen LogP contribution in [0.3, 0.4) is 0 Å². The minimum atomic E-state index is -1.05. The molecule has 126 valence electrons. The summed E-state index contributed by atoms with van der Waals surface area (Å²) in [4.78, 5) is 0. The largest absolute Gasteiger partial charge is 0.259 e. The van der Waals surface area contributed by atoms with Crippen LogP contribution in [0, 0.1) is 23.4 Å². The molecule has 0 radical (unpaired) electrons. The second-order valence-corrected chi connectivity index (χ2v) is 9.58. The lowest BCUT2D eigenvalue weighted by atomic mass is 9.89. The summed E-state index contributed by atoms with van der Waals surface area (Å²) < 4.78 is 52.7. The van der Waals surface area contributed by atoms with Crippen LogP contribution in [-0.4, -0.2) is 14.2 Å². The second-order valence-electron chi connectivity index (χ2n) is 7.01. The van der Waals surface area contributed by atoms with Crippen molar-refractivity contribution >= 4 is 10.8 Å². The zero-order valence-electron chi connectivity index (χ0n) is 14.0. The van der Waals surface area contributed by atoms with Gasteiger partial charge in [0.2, 0.25) is 0 Å². The summed E-state index contributed by atoms with van der Waals surface area (Å²) in [6.45, 7) is 11.3. The first-order chi connectivity index (χ1) is 9.95. The number of hydrogen-bond acceptors (Lipinski definition) is 1. The van der Waals surface area contributed by atoms with Crippen LogP contribution in [0.5, 0.6) is 0 Å². The Bertz CT molecular complexity index is 528. The average molecular weight is 334 g/mol. The van der Waals surface area contributed by atoms with Gasteiger partial charge in [0.15, 0.2) is 0 Å². The maximum Gasteiger partial charge on any atom is 0.132 e. The van der Waals surface area contributed by atoms with Gasteiger partial charge in [-0.15, -0.1) is 0 Å². The highest BCUT2D eigenvalue weighted by Gasteiger charge is 2.30. The van der Waals surface area contributed by atoms with Gasteiger partial charge < -0.3 is 0 Å². The third-order valence-electron chi connectivity index (χ3n) is 4.00. The molecule has 4 atom stereocenters. The minimum Gasteiger partial charge on any atom is -0.259 e. The normalized spacial score (nSPS) is 17.9. The first-order valence-corrected chi connectivity index (χ1v) is 8.71. The van der Waals surface area contributed by atoms with Crippen molar-refractivity contribution in [3.63, 3.8) is 0 Å². The third-order valence-corrected chi connectivity index (χ3v) is 6.35. The Kier molecular flexibility index (Phi) is 6.25. The van der Waals surface area contributed by atoms with Gasteiger partial charge in [-0.2, -0.15) is 0 Å². The molecule has 5 heteroatoms. The molecular weight excluding hydrogens is 309 g/mol. The van der Waals surface area contributed by atoms with E-state index in [9.17, 15) is 17.4 Å². The van der Waals surface area contributed by atoms with Crippen LogP contribution in [0.15, 0.2) is 12.1 Å². The van der Waals surface area contributed by atoms with Crippen LogP contribution in [0.25, 0.3) is 0 Å². The summed E-state index contributed by atoms with van der Waals surface area (Å²) in [6.07, 6.45) is 0.489. The molecule has 0 aliphatic heterocycles. The Morgan fingerprint density at radius 1 is 1.05 bits per heavy atom. The smallest absolute Gasteiger partial charge is 0.132 e. The lowest BCUT2D eigenvalue weighted by Gasteiger charge is -2.29. The number of hydrogen-bond donors (Lipinski definition) is 0. The van der Waals surface area contributed by atoms with Crippen molar-refractivity contribution in [1.29, 1.82) is 0 Å². The molecule has 0 amide bonds. The molecule has 1 aromatic carbocycles. The highest BCUT2D eigenvalue weighted by Crippen LogP contribution is 2.32. The van der Waals surface area contributed by atoms with Gasteiger partial charge >= 0.3 is 0 Å². The van der Waals surface area contributed by atoms with E-state index in [1.54, 1.807) is 6.92 Å². The molecule has 0 heterocycles. The molecule has 4 unspecified atom stereocenters. The average Bonchev–Trinajstić information content (AvgIpc) is 2.34. The van der Waals surface area contributed by atoms with Crippen molar-refractivity contribution in [1.82, 2.24) is 0 Å². The van der Waals surface area contributed by atoms with E-state index >= 15 is 0 Å². The van der Waals surface area contributed by atoms with Gasteiger partial charge in [0.05, 0.1) is 0 Å². The Morgan fingerprint density at radius 3 is 1.91 bits per heavy atom. The van der Waals surface area contributed by atoms with Crippen LogP contribution in [0.1, 0.15) is 59.4 Å². The summed E-state index contributed by atoms with van der Waals surface area (Å²) in [5.41, 5.74) is -0.0954. The molecule has 0 bridgehead atoms. The molecule has 1 rings (SSSR count). The van der Waals surface area contributed by atoms with E-state index in [2.05, 4.69) is 0 Å². The maximum absolute atomic E-state index is 13.8. The Morgan fingerprint density at radius 2 is 1.50 bits per heavy atom. The molecule has 22 heavy (non-hydrogen) atoms. The number of halogens is 3. The highest BCUT2D eigenvalue weighted by molar-refractivity contribution is 7.87. The molecule has 0 aromatic heterocycles. The zero-order valence-corrected chi connectivity index (χ0v) is 14.9. The predicted octanol–water partition coefficient (Wildman–Crippen LogP) is 5.17. The molecule has 0 saturated carbocycles. The lowest BCUT2D eigenvalue weighted by Crippen LogP contribution is -2.34. The topological polar surface area (TPSA) is 17.1 Å². The fourth-order valence-corrected chi connectivity index (χ4v) is 4.31. The van der Waals surface area contributed by atoms with Gasteiger partial charge in [-0.25, -0.2) is 13.2 Å². The SMILES string of the molecule is CC(CC(C)C(C)S(=O)C(C)(C)C)c1c(F)cc(F)cc1F. The standard InChI is InChI=1S/C17H25F3OS/c1-10(12(3)22(21)17(4,5)6)7-11(2)16-14(19)8-13(18)9-15(16)20/h8-12H,7H2,1-6H3. The number of benzene rings is 1. The summed E-state index contributed by atoms with van der Waals surface area (Å²) in [6, 6.07) is 1.41.